The number of nitrogens with one attached hydrogen (secondary N) is 1. The Balaban J connectivity index is 1.88. The van der Waals surface area contributed by atoms with Crippen LogP contribution >= 0.6 is 23.1 Å². The van der Waals surface area contributed by atoms with Crippen LogP contribution in [0.15, 0.2) is 17.5 Å². The Morgan fingerprint density at radius 1 is 1.52 bits per heavy atom. The second-order valence-electron chi connectivity index (χ2n) is 4.97. The number of thioether (sulfide) groups is 1. The van der Waals surface area contributed by atoms with Gasteiger partial charge in [-0.05, 0) is 37.2 Å². The van der Waals surface area contributed by atoms with Gasteiger partial charge in [0.1, 0.15) is 0 Å². The van der Waals surface area contributed by atoms with Gasteiger partial charge in [-0.3, -0.25) is 4.79 Å². The zero-order chi connectivity index (χ0) is 15.2. The van der Waals surface area contributed by atoms with Gasteiger partial charge in [-0.1, -0.05) is 6.92 Å². The second kappa shape index (κ2) is 7.66. The fraction of sp³-hybridized carbons (Fsp3) is 0.467. The average molecular weight is 325 g/mol. The zero-order valence-electron chi connectivity index (χ0n) is 11.9. The molecule has 1 aromatic rings. The lowest BCUT2D eigenvalue weighted by Gasteiger charge is -2.12. The van der Waals surface area contributed by atoms with Crippen LogP contribution in [0.5, 0.6) is 0 Å². The van der Waals surface area contributed by atoms with E-state index in [4.69, 9.17) is 5.11 Å². The van der Waals surface area contributed by atoms with Crippen LogP contribution in [0.25, 0.3) is 6.08 Å². The highest BCUT2D eigenvalue weighted by molar-refractivity contribution is 7.99. The minimum atomic E-state index is -0.986. The summed E-state index contributed by atoms with van der Waals surface area (Å²) in [5, 5.41) is 14.1. The van der Waals surface area contributed by atoms with E-state index in [1.807, 2.05) is 11.8 Å². The molecule has 1 fully saturated rings. The quantitative estimate of drug-likeness (QED) is 0.788. The Kier molecular flexibility index (Phi) is 5.87. The number of carboxylic acids is 1. The molecule has 4 nitrogen and oxygen atoms in total. The lowest BCUT2D eigenvalue weighted by Crippen LogP contribution is -2.32. The summed E-state index contributed by atoms with van der Waals surface area (Å²) in [5.74, 6) is 0.0722. The van der Waals surface area contributed by atoms with Crippen molar-refractivity contribution in [3.05, 3.63) is 28.0 Å². The lowest BCUT2D eigenvalue weighted by atomic mass is 10.2. The molecule has 1 amide bonds. The van der Waals surface area contributed by atoms with E-state index in [1.54, 1.807) is 11.4 Å². The number of thiophene rings is 1. The molecule has 0 spiro atoms. The van der Waals surface area contributed by atoms with Gasteiger partial charge in [0.15, 0.2) is 0 Å². The van der Waals surface area contributed by atoms with Crippen molar-refractivity contribution < 1.29 is 14.7 Å². The number of hydrogen-bond donors (Lipinski definition) is 2. The molecule has 1 aliphatic rings. The maximum atomic E-state index is 12.2. The molecule has 1 heterocycles. The molecule has 1 aromatic heterocycles. The Morgan fingerprint density at radius 2 is 2.33 bits per heavy atom. The molecule has 114 valence electrons. The fourth-order valence-corrected chi connectivity index (χ4v) is 4.36. The van der Waals surface area contributed by atoms with Crippen molar-refractivity contribution in [1.82, 2.24) is 5.32 Å². The molecule has 2 rings (SSSR count). The van der Waals surface area contributed by atoms with E-state index in [-0.39, 0.29) is 11.9 Å². The van der Waals surface area contributed by atoms with Gasteiger partial charge in [0, 0.05) is 27.6 Å². The van der Waals surface area contributed by atoms with Crippen LogP contribution in [0.3, 0.4) is 0 Å². The summed E-state index contributed by atoms with van der Waals surface area (Å²) in [5.41, 5.74) is 0.608. The van der Waals surface area contributed by atoms with Gasteiger partial charge in [0.2, 0.25) is 0 Å². The first-order valence-electron chi connectivity index (χ1n) is 7.00. The number of carbonyl (C=O) groups excluding carboxylic acids is 1. The number of hydrogen-bond acceptors (Lipinski definition) is 4. The predicted molar refractivity (Wildman–Crippen MR) is 88.0 cm³/mol. The summed E-state index contributed by atoms with van der Waals surface area (Å²) in [7, 11) is 0. The van der Waals surface area contributed by atoms with Crippen LogP contribution < -0.4 is 5.32 Å². The molecule has 1 saturated carbocycles. The summed E-state index contributed by atoms with van der Waals surface area (Å²) >= 11 is 3.34. The van der Waals surface area contributed by atoms with Crippen molar-refractivity contribution in [2.75, 3.05) is 5.75 Å². The Hall–Kier alpha value is -1.27. The lowest BCUT2D eigenvalue weighted by molar-refractivity contribution is -0.131. The summed E-state index contributed by atoms with van der Waals surface area (Å²) in [6.07, 6.45) is 5.84. The monoisotopic (exact) mass is 325 g/mol. The van der Waals surface area contributed by atoms with E-state index in [9.17, 15) is 9.59 Å². The smallest absolute Gasteiger partial charge is 0.328 e. The number of aliphatic carboxylic acids is 1. The fourth-order valence-electron chi connectivity index (χ4n) is 2.44. The molecule has 2 atom stereocenters. The normalized spacial score (nSPS) is 21.8. The van der Waals surface area contributed by atoms with Crippen molar-refractivity contribution in [2.45, 2.75) is 37.5 Å². The van der Waals surface area contributed by atoms with Crippen LogP contribution in [0.4, 0.5) is 0 Å². The number of carbonyl (C=O) groups is 2. The molecule has 0 aromatic carbocycles. The highest BCUT2D eigenvalue weighted by Gasteiger charge is 2.26. The molecule has 6 heteroatoms. The van der Waals surface area contributed by atoms with Crippen molar-refractivity contribution in [2.24, 2.45) is 0 Å². The van der Waals surface area contributed by atoms with E-state index in [0.717, 1.165) is 29.5 Å². The predicted octanol–water partition coefficient (Wildman–Crippen LogP) is 3.25. The van der Waals surface area contributed by atoms with Gasteiger partial charge in [0.05, 0.1) is 5.56 Å². The summed E-state index contributed by atoms with van der Waals surface area (Å²) in [6.45, 7) is 2.16. The number of carboxylic acid groups (broad SMARTS) is 1. The van der Waals surface area contributed by atoms with Gasteiger partial charge < -0.3 is 10.4 Å². The topological polar surface area (TPSA) is 66.4 Å². The molecular formula is C15H19NO3S2. The van der Waals surface area contributed by atoms with E-state index in [0.29, 0.717) is 10.8 Å². The molecule has 1 aliphatic carbocycles. The first-order valence-corrected chi connectivity index (χ1v) is 8.93. The minimum absolute atomic E-state index is 0.0617. The molecule has 2 N–H and O–H groups in total. The van der Waals surface area contributed by atoms with Gasteiger partial charge >= 0.3 is 5.97 Å². The van der Waals surface area contributed by atoms with Crippen molar-refractivity contribution in [1.29, 1.82) is 0 Å². The molecular weight excluding hydrogens is 306 g/mol. The van der Waals surface area contributed by atoms with Crippen LogP contribution in [0.2, 0.25) is 0 Å². The highest BCUT2D eigenvalue weighted by Crippen LogP contribution is 2.30. The van der Waals surface area contributed by atoms with E-state index in [2.05, 4.69) is 12.2 Å². The molecule has 21 heavy (non-hydrogen) atoms. The third-order valence-corrected chi connectivity index (χ3v) is 5.52. The van der Waals surface area contributed by atoms with Crippen molar-refractivity contribution >= 4 is 41.1 Å². The van der Waals surface area contributed by atoms with Crippen LogP contribution in [0, 0.1) is 0 Å². The maximum absolute atomic E-state index is 12.2. The maximum Gasteiger partial charge on any atom is 0.328 e. The van der Waals surface area contributed by atoms with E-state index < -0.39 is 5.97 Å². The molecule has 0 radical (unpaired) electrons. The van der Waals surface area contributed by atoms with Crippen LogP contribution in [0.1, 0.15) is 41.4 Å². The van der Waals surface area contributed by atoms with E-state index in [1.165, 1.54) is 23.8 Å². The molecule has 0 aliphatic heterocycles. The highest BCUT2D eigenvalue weighted by atomic mass is 32.2. The van der Waals surface area contributed by atoms with Gasteiger partial charge in [-0.2, -0.15) is 11.8 Å². The number of rotatable bonds is 6. The first-order chi connectivity index (χ1) is 10.1. The standard InChI is InChI=1S/C15H19NO3S2/c1-2-20-13-4-3-11(8-13)16-15(19)10-7-12(21-9-10)5-6-14(17)18/h5-7,9,11,13H,2-4,8H2,1H3,(H,16,19)(H,17,18)/b6-5+. The van der Waals surface area contributed by atoms with Gasteiger partial charge in [-0.25, -0.2) is 4.79 Å². The average Bonchev–Trinajstić information content (AvgIpc) is 3.06. The Morgan fingerprint density at radius 3 is 3.05 bits per heavy atom. The zero-order valence-corrected chi connectivity index (χ0v) is 13.5. The third kappa shape index (κ3) is 4.89. The molecule has 2 unspecified atom stereocenters. The third-order valence-electron chi connectivity index (χ3n) is 3.39. The van der Waals surface area contributed by atoms with E-state index >= 15 is 0 Å². The SMILES string of the molecule is CCSC1CCC(NC(=O)c2csc(/C=C/C(=O)O)c2)C1. The molecule has 0 saturated heterocycles. The number of amides is 1. The Bertz CT molecular complexity index is 539. The largest absolute Gasteiger partial charge is 0.478 e. The summed E-state index contributed by atoms with van der Waals surface area (Å²) < 4.78 is 0. The van der Waals surface area contributed by atoms with Crippen LogP contribution in [-0.4, -0.2) is 34.0 Å². The van der Waals surface area contributed by atoms with Gasteiger partial charge in [-0.15, -0.1) is 11.3 Å². The molecule has 0 bridgehead atoms. The Labute approximate surface area is 132 Å². The second-order valence-corrected chi connectivity index (χ2v) is 7.49. The van der Waals surface area contributed by atoms with Crippen LogP contribution in [-0.2, 0) is 4.79 Å². The summed E-state index contributed by atoms with van der Waals surface area (Å²) in [4.78, 5) is 23.4. The van der Waals surface area contributed by atoms with Crippen molar-refractivity contribution in [3.8, 4) is 0 Å². The minimum Gasteiger partial charge on any atom is -0.478 e. The first kappa shape index (κ1) is 16.1. The summed E-state index contributed by atoms with van der Waals surface area (Å²) in [6, 6.07) is 1.99. The van der Waals surface area contributed by atoms with Gasteiger partial charge in [0.25, 0.3) is 5.91 Å². The van der Waals surface area contributed by atoms with Crippen molar-refractivity contribution in [3.63, 3.8) is 0 Å².